The van der Waals surface area contributed by atoms with Crippen molar-refractivity contribution in [2.45, 2.75) is 13.0 Å². The average molecular weight is 332 g/mol. The van der Waals surface area contributed by atoms with Crippen LogP contribution < -0.4 is 9.47 Å². The van der Waals surface area contributed by atoms with Gasteiger partial charge in [-0.3, -0.25) is 4.79 Å². The van der Waals surface area contributed by atoms with Crippen molar-refractivity contribution in [2.75, 3.05) is 6.61 Å². The van der Waals surface area contributed by atoms with Crippen molar-refractivity contribution in [3.8, 4) is 11.5 Å². The molecule has 0 saturated carbocycles. The molecule has 0 N–H and O–H groups in total. The van der Waals surface area contributed by atoms with Gasteiger partial charge in [-0.15, -0.1) is 0 Å². The van der Waals surface area contributed by atoms with Crippen molar-refractivity contribution in [3.05, 3.63) is 95.6 Å². The maximum absolute atomic E-state index is 11.0. The van der Waals surface area contributed by atoms with E-state index in [1.165, 1.54) is 0 Å². The molecule has 0 aromatic heterocycles. The van der Waals surface area contributed by atoms with Gasteiger partial charge in [0.1, 0.15) is 12.4 Å². The van der Waals surface area contributed by atoms with Crippen LogP contribution in [-0.2, 0) is 0 Å². The lowest BCUT2D eigenvalue weighted by atomic mass is 10.0. The summed E-state index contributed by atoms with van der Waals surface area (Å²) in [5.41, 5.74) is 2.66. The number of ether oxygens (including phenoxy) is 2. The minimum Gasteiger partial charge on any atom is -0.490 e. The lowest BCUT2D eigenvalue weighted by Gasteiger charge is -2.22. The number of hydrogen-bond donors (Lipinski definition) is 0. The highest BCUT2D eigenvalue weighted by Crippen LogP contribution is 2.35. The van der Waals surface area contributed by atoms with Gasteiger partial charge in [0.25, 0.3) is 0 Å². The maximum Gasteiger partial charge on any atom is 0.162 e. The molecule has 25 heavy (non-hydrogen) atoms. The number of rotatable bonds is 7. The van der Waals surface area contributed by atoms with E-state index in [2.05, 4.69) is 0 Å². The van der Waals surface area contributed by atoms with Gasteiger partial charge in [-0.1, -0.05) is 60.7 Å². The Morgan fingerprint density at radius 2 is 1.44 bits per heavy atom. The Morgan fingerprint density at radius 3 is 1.96 bits per heavy atom. The van der Waals surface area contributed by atoms with Gasteiger partial charge in [0, 0.05) is 5.56 Å². The van der Waals surface area contributed by atoms with Crippen LogP contribution in [0.1, 0.15) is 34.5 Å². The Balaban J connectivity index is 2.00. The van der Waals surface area contributed by atoms with Gasteiger partial charge in [-0.25, -0.2) is 0 Å². The van der Waals surface area contributed by atoms with Crippen LogP contribution in [0.25, 0.3) is 0 Å². The monoisotopic (exact) mass is 332 g/mol. The Morgan fingerprint density at radius 1 is 0.840 bits per heavy atom. The van der Waals surface area contributed by atoms with Crippen molar-refractivity contribution >= 4 is 6.29 Å². The van der Waals surface area contributed by atoms with Gasteiger partial charge in [-0.2, -0.15) is 0 Å². The maximum atomic E-state index is 11.0. The highest BCUT2D eigenvalue weighted by molar-refractivity contribution is 5.76. The second kappa shape index (κ2) is 8.15. The van der Waals surface area contributed by atoms with Gasteiger partial charge >= 0.3 is 0 Å². The SMILES string of the molecule is CCOc1cc(C=O)ccc1OC(c1ccccc1)c1ccccc1. The molecule has 0 bridgehead atoms. The zero-order chi connectivity index (χ0) is 17.5. The van der Waals surface area contributed by atoms with Gasteiger partial charge in [0.05, 0.1) is 6.61 Å². The molecule has 3 aromatic carbocycles. The molecular formula is C22H20O3. The summed E-state index contributed by atoms with van der Waals surface area (Å²) in [6.45, 7) is 2.41. The molecule has 3 nitrogen and oxygen atoms in total. The van der Waals surface area contributed by atoms with E-state index in [1.807, 2.05) is 67.6 Å². The summed E-state index contributed by atoms with van der Waals surface area (Å²) in [6.07, 6.45) is 0.543. The fraction of sp³-hybridized carbons (Fsp3) is 0.136. The number of carbonyl (C=O) groups excluding carboxylic acids is 1. The summed E-state index contributed by atoms with van der Waals surface area (Å²) >= 11 is 0. The molecule has 3 rings (SSSR count). The quantitative estimate of drug-likeness (QED) is 0.567. The Kier molecular flexibility index (Phi) is 5.47. The number of aldehydes is 1. The molecule has 3 aromatic rings. The first-order valence-corrected chi connectivity index (χ1v) is 8.30. The first kappa shape index (κ1) is 16.8. The highest BCUT2D eigenvalue weighted by Gasteiger charge is 2.18. The summed E-state index contributed by atoms with van der Waals surface area (Å²) < 4.78 is 12.0. The Hall–Kier alpha value is -3.07. The third kappa shape index (κ3) is 4.07. The van der Waals surface area contributed by atoms with Crippen LogP contribution in [0.3, 0.4) is 0 Å². The normalized spacial score (nSPS) is 10.5. The molecule has 0 radical (unpaired) electrons. The molecule has 3 heteroatoms. The summed E-state index contributed by atoms with van der Waals surface area (Å²) in [5.74, 6) is 1.19. The minimum absolute atomic E-state index is 0.260. The molecule has 0 unspecified atom stereocenters. The van der Waals surface area contributed by atoms with Gasteiger partial charge in [0.2, 0.25) is 0 Å². The molecular weight excluding hydrogens is 312 g/mol. The molecule has 0 fully saturated rings. The fourth-order valence-corrected chi connectivity index (χ4v) is 2.67. The minimum atomic E-state index is -0.260. The smallest absolute Gasteiger partial charge is 0.162 e. The first-order chi connectivity index (χ1) is 12.3. The lowest BCUT2D eigenvalue weighted by Crippen LogP contribution is -2.10. The molecule has 0 aliphatic heterocycles. The summed E-state index contributed by atoms with van der Waals surface area (Å²) in [5, 5.41) is 0. The summed E-state index contributed by atoms with van der Waals surface area (Å²) in [7, 11) is 0. The number of carbonyl (C=O) groups is 1. The molecule has 0 heterocycles. The molecule has 0 aliphatic rings. The molecule has 0 amide bonds. The molecule has 0 aliphatic carbocycles. The first-order valence-electron chi connectivity index (χ1n) is 8.30. The second-order valence-corrected chi connectivity index (χ2v) is 5.58. The van der Waals surface area contributed by atoms with E-state index in [0.717, 1.165) is 17.4 Å². The van der Waals surface area contributed by atoms with E-state index in [1.54, 1.807) is 18.2 Å². The Labute approximate surface area is 147 Å². The summed E-state index contributed by atoms with van der Waals surface area (Å²) in [6, 6.07) is 25.3. The molecule has 0 saturated heterocycles. The fourth-order valence-electron chi connectivity index (χ4n) is 2.67. The van der Waals surface area contributed by atoms with Crippen LogP contribution in [0, 0.1) is 0 Å². The highest BCUT2D eigenvalue weighted by atomic mass is 16.5. The van der Waals surface area contributed by atoms with Crippen LogP contribution in [0.2, 0.25) is 0 Å². The second-order valence-electron chi connectivity index (χ2n) is 5.58. The zero-order valence-electron chi connectivity index (χ0n) is 14.1. The van der Waals surface area contributed by atoms with E-state index in [9.17, 15) is 4.79 Å². The van der Waals surface area contributed by atoms with Crippen LogP contribution in [0.15, 0.2) is 78.9 Å². The van der Waals surface area contributed by atoms with E-state index < -0.39 is 0 Å². The van der Waals surface area contributed by atoms with Crippen molar-refractivity contribution in [1.29, 1.82) is 0 Å². The van der Waals surface area contributed by atoms with Crippen molar-refractivity contribution in [1.82, 2.24) is 0 Å². The van der Waals surface area contributed by atoms with Gasteiger partial charge in [-0.05, 0) is 36.2 Å². The molecule has 0 atom stereocenters. The summed E-state index contributed by atoms with van der Waals surface area (Å²) in [4.78, 5) is 11.0. The third-order valence-electron chi connectivity index (χ3n) is 3.85. The van der Waals surface area contributed by atoms with E-state index in [0.29, 0.717) is 23.7 Å². The van der Waals surface area contributed by atoms with Crippen molar-refractivity contribution in [3.63, 3.8) is 0 Å². The molecule has 126 valence electrons. The average Bonchev–Trinajstić information content (AvgIpc) is 2.68. The van der Waals surface area contributed by atoms with Crippen molar-refractivity contribution in [2.24, 2.45) is 0 Å². The predicted octanol–water partition coefficient (Wildman–Crippen LogP) is 5.07. The predicted molar refractivity (Wildman–Crippen MR) is 98.4 cm³/mol. The van der Waals surface area contributed by atoms with E-state index >= 15 is 0 Å². The topological polar surface area (TPSA) is 35.5 Å². The number of hydrogen-bond acceptors (Lipinski definition) is 3. The standard InChI is InChI=1S/C22H20O3/c1-2-24-21-15-17(16-23)13-14-20(21)25-22(18-9-5-3-6-10-18)19-11-7-4-8-12-19/h3-16,22H,2H2,1H3. The van der Waals surface area contributed by atoms with Crippen LogP contribution in [0.5, 0.6) is 11.5 Å². The van der Waals surface area contributed by atoms with Gasteiger partial charge in [0.15, 0.2) is 11.5 Å². The largest absolute Gasteiger partial charge is 0.490 e. The van der Waals surface area contributed by atoms with Gasteiger partial charge < -0.3 is 9.47 Å². The zero-order valence-corrected chi connectivity index (χ0v) is 14.1. The van der Waals surface area contributed by atoms with Crippen LogP contribution in [0.4, 0.5) is 0 Å². The van der Waals surface area contributed by atoms with E-state index in [4.69, 9.17) is 9.47 Å². The van der Waals surface area contributed by atoms with Crippen molar-refractivity contribution < 1.29 is 14.3 Å². The number of benzene rings is 3. The Bertz CT molecular complexity index is 774. The lowest BCUT2D eigenvalue weighted by molar-refractivity contribution is 0.112. The third-order valence-corrected chi connectivity index (χ3v) is 3.85. The van der Waals surface area contributed by atoms with Crippen LogP contribution >= 0.6 is 0 Å². The van der Waals surface area contributed by atoms with Crippen LogP contribution in [-0.4, -0.2) is 12.9 Å². The van der Waals surface area contributed by atoms with E-state index in [-0.39, 0.29) is 6.10 Å². The molecule has 0 spiro atoms.